The van der Waals surface area contributed by atoms with E-state index < -0.39 is 0 Å². The van der Waals surface area contributed by atoms with E-state index >= 15 is 0 Å². The van der Waals surface area contributed by atoms with Crippen molar-refractivity contribution in [2.24, 2.45) is 0 Å². The van der Waals surface area contributed by atoms with Crippen LogP contribution >= 0.6 is 31.9 Å². The van der Waals surface area contributed by atoms with E-state index in [1.807, 2.05) is 19.1 Å². The maximum Gasteiger partial charge on any atom is 0.305 e. The molecule has 0 aliphatic heterocycles. The van der Waals surface area contributed by atoms with Gasteiger partial charge in [-0.1, -0.05) is 37.9 Å². The fourth-order valence-electron chi connectivity index (χ4n) is 1.75. The third kappa shape index (κ3) is 6.06. The summed E-state index contributed by atoms with van der Waals surface area (Å²) in [6.45, 7) is 5.18. The standard InChI is InChI=1S/C14H19Br2NO2/c1-3-19-14(18)5-4-8-17-10(2)12-7-6-11(15)9-13(12)16/h6-7,9-10,17H,3-5,8H2,1-2H3. The van der Waals surface area contributed by atoms with E-state index in [1.54, 1.807) is 0 Å². The summed E-state index contributed by atoms with van der Waals surface area (Å²) in [6.07, 6.45) is 1.26. The molecule has 3 nitrogen and oxygen atoms in total. The van der Waals surface area contributed by atoms with E-state index in [2.05, 4.69) is 50.2 Å². The maximum atomic E-state index is 11.2. The molecule has 19 heavy (non-hydrogen) atoms. The van der Waals surface area contributed by atoms with Gasteiger partial charge in [-0.15, -0.1) is 0 Å². The van der Waals surface area contributed by atoms with Crippen LogP contribution in [-0.2, 0) is 9.53 Å². The highest BCUT2D eigenvalue weighted by atomic mass is 79.9. The molecule has 1 aromatic rings. The van der Waals surface area contributed by atoms with E-state index in [-0.39, 0.29) is 12.0 Å². The Bertz CT molecular complexity index is 424. The van der Waals surface area contributed by atoms with Gasteiger partial charge in [0.25, 0.3) is 0 Å². The van der Waals surface area contributed by atoms with Crippen molar-refractivity contribution in [3.63, 3.8) is 0 Å². The highest BCUT2D eigenvalue weighted by Crippen LogP contribution is 2.26. The van der Waals surface area contributed by atoms with Crippen LogP contribution < -0.4 is 5.32 Å². The minimum atomic E-state index is -0.123. The minimum absolute atomic E-state index is 0.123. The van der Waals surface area contributed by atoms with Crippen LogP contribution in [0.1, 0.15) is 38.3 Å². The van der Waals surface area contributed by atoms with Crippen molar-refractivity contribution in [2.45, 2.75) is 32.7 Å². The van der Waals surface area contributed by atoms with Gasteiger partial charge in [-0.25, -0.2) is 0 Å². The molecule has 0 saturated carbocycles. The van der Waals surface area contributed by atoms with Crippen molar-refractivity contribution in [1.82, 2.24) is 5.32 Å². The third-order valence-corrected chi connectivity index (χ3v) is 3.92. The Kier molecular flexibility index (Phi) is 7.64. The summed E-state index contributed by atoms with van der Waals surface area (Å²) in [5.41, 5.74) is 1.21. The monoisotopic (exact) mass is 391 g/mol. The molecule has 0 aromatic heterocycles. The molecule has 5 heteroatoms. The molecular weight excluding hydrogens is 374 g/mol. The first-order valence-corrected chi connectivity index (χ1v) is 7.97. The van der Waals surface area contributed by atoms with Crippen molar-refractivity contribution >= 4 is 37.8 Å². The van der Waals surface area contributed by atoms with E-state index in [0.29, 0.717) is 13.0 Å². The Balaban J connectivity index is 2.35. The summed E-state index contributed by atoms with van der Waals surface area (Å²) in [6, 6.07) is 6.38. The van der Waals surface area contributed by atoms with Crippen molar-refractivity contribution in [3.05, 3.63) is 32.7 Å². The molecule has 0 aliphatic carbocycles. The van der Waals surface area contributed by atoms with Gasteiger partial charge in [0.2, 0.25) is 0 Å². The van der Waals surface area contributed by atoms with Crippen molar-refractivity contribution in [2.75, 3.05) is 13.2 Å². The van der Waals surface area contributed by atoms with Gasteiger partial charge < -0.3 is 10.1 Å². The second-order valence-corrected chi connectivity index (χ2v) is 6.02. The fraction of sp³-hybridized carbons (Fsp3) is 0.500. The predicted molar refractivity (Wildman–Crippen MR) is 84.1 cm³/mol. The summed E-state index contributed by atoms with van der Waals surface area (Å²) in [4.78, 5) is 11.2. The topological polar surface area (TPSA) is 38.3 Å². The number of ether oxygens (including phenoxy) is 1. The second kappa shape index (κ2) is 8.72. The highest BCUT2D eigenvalue weighted by molar-refractivity contribution is 9.11. The normalized spacial score (nSPS) is 12.2. The average molecular weight is 393 g/mol. The minimum Gasteiger partial charge on any atom is -0.466 e. The summed E-state index contributed by atoms with van der Waals surface area (Å²) in [7, 11) is 0. The number of carbonyl (C=O) groups excluding carboxylic acids is 1. The predicted octanol–water partition coefficient (Wildman–Crippen LogP) is 4.21. The number of hydrogen-bond acceptors (Lipinski definition) is 3. The van der Waals surface area contributed by atoms with Crippen LogP contribution in [0.25, 0.3) is 0 Å². The van der Waals surface area contributed by atoms with Crippen molar-refractivity contribution in [3.8, 4) is 0 Å². The molecule has 0 spiro atoms. The maximum absolute atomic E-state index is 11.2. The lowest BCUT2D eigenvalue weighted by Gasteiger charge is -2.16. The molecular formula is C14H19Br2NO2. The first kappa shape index (κ1) is 16.7. The zero-order valence-electron chi connectivity index (χ0n) is 11.2. The zero-order chi connectivity index (χ0) is 14.3. The highest BCUT2D eigenvalue weighted by Gasteiger charge is 2.09. The average Bonchev–Trinajstić information content (AvgIpc) is 2.34. The summed E-state index contributed by atoms with van der Waals surface area (Å²) >= 11 is 6.99. The van der Waals surface area contributed by atoms with Gasteiger partial charge in [0.1, 0.15) is 0 Å². The number of hydrogen-bond donors (Lipinski definition) is 1. The first-order valence-electron chi connectivity index (χ1n) is 6.38. The molecule has 0 aliphatic rings. The van der Waals surface area contributed by atoms with Gasteiger partial charge in [-0.05, 0) is 44.5 Å². The van der Waals surface area contributed by atoms with Crippen LogP contribution in [0, 0.1) is 0 Å². The third-order valence-electron chi connectivity index (χ3n) is 2.74. The molecule has 0 heterocycles. The number of carbonyl (C=O) groups is 1. The molecule has 0 radical (unpaired) electrons. The number of halogens is 2. The second-order valence-electron chi connectivity index (χ2n) is 4.25. The molecule has 1 unspecified atom stereocenters. The lowest BCUT2D eigenvalue weighted by molar-refractivity contribution is -0.143. The molecule has 0 bridgehead atoms. The fourth-order valence-corrected chi connectivity index (χ4v) is 3.14. The van der Waals surface area contributed by atoms with E-state index in [4.69, 9.17) is 4.74 Å². The molecule has 0 saturated heterocycles. The quantitative estimate of drug-likeness (QED) is 0.558. The van der Waals surface area contributed by atoms with Crippen LogP contribution in [0.3, 0.4) is 0 Å². The van der Waals surface area contributed by atoms with Gasteiger partial charge in [-0.2, -0.15) is 0 Å². The number of benzene rings is 1. The molecule has 1 atom stereocenters. The Labute approximate surface area is 131 Å². The number of rotatable bonds is 7. The molecule has 1 N–H and O–H groups in total. The Morgan fingerprint density at radius 2 is 2.16 bits per heavy atom. The molecule has 0 amide bonds. The summed E-state index contributed by atoms with van der Waals surface area (Å²) in [5, 5.41) is 3.40. The van der Waals surface area contributed by atoms with Gasteiger partial charge in [-0.3, -0.25) is 4.79 Å². The van der Waals surface area contributed by atoms with Crippen LogP contribution in [0.4, 0.5) is 0 Å². The summed E-state index contributed by atoms with van der Waals surface area (Å²) in [5.74, 6) is -0.123. The summed E-state index contributed by atoms with van der Waals surface area (Å²) < 4.78 is 7.02. The smallest absolute Gasteiger partial charge is 0.305 e. The SMILES string of the molecule is CCOC(=O)CCCNC(C)c1ccc(Br)cc1Br. The Hall–Kier alpha value is -0.390. The van der Waals surface area contributed by atoms with Gasteiger partial charge >= 0.3 is 5.97 Å². The van der Waals surface area contributed by atoms with Crippen LogP contribution in [-0.4, -0.2) is 19.1 Å². The lowest BCUT2D eigenvalue weighted by atomic mass is 10.1. The van der Waals surface area contributed by atoms with Crippen LogP contribution in [0.2, 0.25) is 0 Å². The largest absolute Gasteiger partial charge is 0.466 e. The van der Waals surface area contributed by atoms with Gasteiger partial charge in [0, 0.05) is 21.4 Å². The van der Waals surface area contributed by atoms with Crippen molar-refractivity contribution < 1.29 is 9.53 Å². The molecule has 0 fully saturated rings. The molecule has 1 rings (SSSR count). The Morgan fingerprint density at radius 3 is 2.79 bits per heavy atom. The van der Waals surface area contributed by atoms with Crippen molar-refractivity contribution in [1.29, 1.82) is 0 Å². The number of nitrogens with one attached hydrogen (secondary N) is 1. The van der Waals surface area contributed by atoms with E-state index in [1.165, 1.54) is 5.56 Å². The zero-order valence-corrected chi connectivity index (χ0v) is 14.4. The van der Waals surface area contributed by atoms with E-state index in [9.17, 15) is 4.79 Å². The Morgan fingerprint density at radius 1 is 1.42 bits per heavy atom. The first-order chi connectivity index (χ1) is 9.04. The van der Waals surface area contributed by atoms with Gasteiger partial charge in [0.05, 0.1) is 6.61 Å². The van der Waals surface area contributed by atoms with E-state index in [0.717, 1.165) is 21.9 Å². The molecule has 106 valence electrons. The number of esters is 1. The van der Waals surface area contributed by atoms with Gasteiger partial charge in [0.15, 0.2) is 0 Å². The lowest BCUT2D eigenvalue weighted by Crippen LogP contribution is -2.21. The van der Waals surface area contributed by atoms with Crippen LogP contribution in [0.15, 0.2) is 27.1 Å². The van der Waals surface area contributed by atoms with Crippen LogP contribution in [0.5, 0.6) is 0 Å². The molecule has 1 aromatic carbocycles.